The Morgan fingerprint density at radius 2 is 1.57 bits per heavy atom. The van der Waals surface area contributed by atoms with Gasteiger partial charge in [0.15, 0.2) is 0 Å². The van der Waals surface area contributed by atoms with Crippen LogP contribution in [0.25, 0.3) is 0 Å². The molecule has 0 aliphatic carbocycles. The quantitative estimate of drug-likeness (QED) is 0.673. The molecule has 1 aliphatic heterocycles. The normalized spacial score (nSPS) is 32.1. The second-order valence-electron chi connectivity index (χ2n) is 6.28. The molecule has 1 heterocycles. The molecule has 0 saturated carbocycles. The van der Waals surface area contributed by atoms with Crippen molar-refractivity contribution in [3.8, 4) is 0 Å². The van der Waals surface area contributed by atoms with E-state index in [1.165, 1.54) is 5.06 Å². The summed E-state index contributed by atoms with van der Waals surface area (Å²) in [5, 5.41) is 12.1. The van der Waals surface area contributed by atoms with Crippen molar-refractivity contribution in [1.82, 2.24) is 5.06 Å². The first kappa shape index (κ1) is 12.3. The lowest BCUT2D eigenvalue weighted by Gasteiger charge is -2.39. The molecule has 1 N–H and O–H groups in total. The molecule has 1 atom stereocenters. The standard InChI is InChI=1S/C11H23NOS/c1-9(2,3)8-10(4,5)12(13)11(6,7)14-8/h8,13H,1-7H3. The average Bonchev–Trinajstić information content (AvgIpc) is 2.10. The van der Waals surface area contributed by atoms with Crippen molar-refractivity contribution in [3.05, 3.63) is 0 Å². The number of hydrogen-bond acceptors (Lipinski definition) is 3. The van der Waals surface area contributed by atoms with E-state index in [0.29, 0.717) is 5.25 Å². The van der Waals surface area contributed by atoms with Gasteiger partial charge in [-0.1, -0.05) is 20.8 Å². The van der Waals surface area contributed by atoms with E-state index in [0.717, 1.165) is 0 Å². The molecule has 0 aromatic heterocycles. The molecule has 2 nitrogen and oxygen atoms in total. The fourth-order valence-corrected chi connectivity index (χ4v) is 4.18. The molecule has 1 fully saturated rings. The second-order valence-corrected chi connectivity index (χ2v) is 7.98. The first-order valence-corrected chi connectivity index (χ1v) is 6.04. The number of thioether (sulfide) groups is 1. The van der Waals surface area contributed by atoms with Gasteiger partial charge in [-0.3, -0.25) is 0 Å². The molecule has 84 valence electrons. The van der Waals surface area contributed by atoms with Crippen molar-refractivity contribution in [2.75, 3.05) is 0 Å². The topological polar surface area (TPSA) is 23.5 Å². The zero-order chi connectivity index (χ0) is 11.4. The van der Waals surface area contributed by atoms with Gasteiger partial charge < -0.3 is 5.21 Å². The molecular weight excluding hydrogens is 194 g/mol. The lowest BCUT2D eigenvalue weighted by molar-refractivity contribution is -0.189. The van der Waals surface area contributed by atoms with Crippen molar-refractivity contribution in [2.24, 2.45) is 5.41 Å². The van der Waals surface area contributed by atoms with E-state index in [2.05, 4.69) is 48.5 Å². The van der Waals surface area contributed by atoms with Gasteiger partial charge in [-0.05, 0) is 33.1 Å². The van der Waals surface area contributed by atoms with E-state index >= 15 is 0 Å². The van der Waals surface area contributed by atoms with Crippen LogP contribution in [0.4, 0.5) is 0 Å². The third kappa shape index (κ3) is 1.82. The van der Waals surface area contributed by atoms with Gasteiger partial charge in [0.05, 0.1) is 10.4 Å². The lowest BCUT2D eigenvalue weighted by atomic mass is 9.80. The number of rotatable bonds is 0. The van der Waals surface area contributed by atoms with Crippen LogP contribution in [0, 0.1) is 5.41 Å². The number of nitrogens with zero attached hydrogens (tertiary/aromatic N) is 1. The maximum atomic E-state index is 10.1. The minimum atomic E-state index is -0.179. The molecule has 1 saturated heterocycles. The van der Waals surface area contributed by atoms with E-state index in [4.69, 9.17) is 0 Å². The van der Waals surface area contributed by atoms with Crippen molar-refractivity contribution in [3.63, 3.8) is 0 Å². The summed E-state index contributed by atoms with van der Waals surface area (Å²) in [6.07, 6.45) is 0. The summed E-state index contributed by atoms with van der Waals surface area (Å²) in [4.78, 5) is -0.179. The molecule has 1 unspecified atom stereocenters. The van der Waals surface area contributed by atoms with Crippen molar-refractivity contribution < 1.29 is 5.21 Å². The molecule has 1 aliphatic rings. The Labute approximate surface area is 92.0 Å². The summed E-state index contributed by atoms with van der Waals surface area (Å²) >= 11 is 1.87. The summed E-state index contributed by atoms with van der Waals surface area (Å²) in [6, 6.07) is 0. The van der Waals surface area contributed by atoms with Crippen LogP contribution in [0.3, 0.4) is 0 Å². The van der Waals surface area contributed by atoms with Crippen LogP contribution in [0.1, 0.15) is 48.5 Å². The Balaban J connectivity index is 3.03. The fourth-order valence-electron chi connectivity index (χ4n) is 2.52. The lowest BCUT2D eigenvalue weighted by Crippen LogP contribution is -2.51. The highest BCUT2D eigenvalue weighted by Crippen LogP contribution is 2.54. The van der Waals surface area contributed by atoms with Crippen LogP contribution in [-0.4, -0.2) is 25.9 Å². The van der Waals surface area contributed by atoms with Gasteiger partial charge in [0.25, 0.3) is 0 Å². The molecule has 1 rings (SSSR count). The Hall–Kier alpha value is 0.270. The van der Waals surface area contributed by atoms with Crippen molar-refractivity contribution >= 4 is 11.8 Å². The van der Waals surface area contributed by atoms with E-state index in [-0.39, 0.29) is 15.8 Å². The Morgan fingerprint density at radius 3 is 1.71 bits per heavy atom. The summed E-state index contributed by atoms with van der Waals surface area (Å²) in [5.74, 6) is 0. The van der Waals surface area contributed by atoms with Gasteiger partial charge in [-0.2, -0.15) is 5.06 Å². The molecule has 3 heteroatoms. The number of hydrogen-bond donors (Lipinski definition) is 1. The van der Waals surface area contributed by atoms with Crippen LogP contribution in [0.15, 0.2) is 0 Å². The van der Waals surface area contributed by atoms with Crippen LogP contribution < -0.4 is 0 Å². The summed E-state index contributed by atoms with van der Waals surface area (Å²) in [6.45, 7) is 15.1. The summed E-state index contributed by atoms with van der Waals surface area (Å²) in [5.41, 5.74) is 0.0509. The minimum absolute atomic E-state index is 0.160. The third-order valence-corrected chi connectivity index (χ3v) is 5.16. The summed E-state index contributed by atoms with van der Waals surface area (Å²) < 4.78 is 0. The van der Waals surface area contributed by atoms with Crippen LogP contribution >= 0.6 is 11.8 Å². The average molecular weight is 217 g/mol. The van der Waals surface area contributed by atoms with Crippen LogP contribution in [0.2, 0.25) is 0 Å². The molecule has 14 heavy (non-hydrogen) atoms. The van der Waals surface area contributed by atoms with E-state index in [9.17, 15) is 5.21 Å². The van der Waals surface area contributed by atoms with E-state index in [1.54, 1.807) is 0 Å². The Kier molecular flexibility index (Phi) is 2.76. The third-order valence-electron chi connectivity index (χ3n) is 2.89. The van der Waals surface area contributed by atoms with Gasteiger partial charge in [0.2, 0.25) is 0 Å². The Morgan fingerprint density at radius 1 is 1.14 bits per heavy atom. The van der Waals surface area contributed by atoms with Gasteiger partial charge >= 0.3 is 0 Å². The molecule has 0 amide bonds. The monoisotopic (exact) mass is 217 g/mol. The SMILES string of the molecule is CC(C)(C)C1SC(C)(C)N(O)C1(C)C. The molecular formula is C11H23NOS. The fraction of sp³-hybridized carbons (Fsp3) is 1.00. The first-order valence-electron chi connectivity index (χ1n) is 5.16. The predicted octanol–water partition coefficient (Wildman–Crippen LogP) is 3.35. The highest BCUT2D eigenvalue weighted by molar-refractivity contribution is 8.01. The van der Waals surface area contributed by atoms with E-state index in [1.807, 2.05) is 11.8 Å². The molecule has 0 aromatic carbocycles. The van der Waals surface area contributed by atoms with Gasteiger partial charge in [-0.25, -0.2) is 0 Å². The van der Waals surface area contributed by atoms with Crippen LogP contribution in [0.5, 0.6) is 0 Å². The Bertz CT molecular complexity index is 230. The summed E-state index contributed by atoms with van der Waals surface area (Å²) in [7, 11) is 0. The maximum absolute atomic E-state index is 10.1. The number of hydroxylamine groups is 2. The van der Waals surface area contributed by atoms with Gasteiger partial charge in [0, 0.05) is 5.25 Å². The predicted molar refractivity (Wildman–Crippen MR) is 62.6 cm³/mol. The first-order chi connectivity index (χ1) is 5.99. The smallest absolute Gasteiger partial charge is 0.0864 e. The highest BCUT2D eigenvalue weighted by atomic mass is 32.2. The molecule has 0 bridgehead atoms. The second kappa shape index (κ2) is 3.13. The minimum Gasteiger partial charge on any atom is -0.312 e. The van der Waals surface area contributed by atoms with Crippen molar-refractivity contribution in [1.29, 1.82) is 0 Å². The molecule has 0 radical (unpaired) electrons. The van der Waals surface area contributed by atoms with E-state index < -0.39 is 0 Å². The van der Waals surface area contributed by atoms with Crippen molar-refractivity contribution in [2.45, 2.75) is 64.1 Å². The highest BCUT2D eigenvalue weighted by Gasteiger charge is 2.55. The zero-order valence-corrected chi connectivity index (χ0v) is 11.2. The molecule has 0 spiro atoms. The molecule has 0 aromatic rings. The van der Waals surface area contributed by atoms with Gasteiger partial charge in [-0.15, -0.1) is 11.8 Å². The van der Waals surface area contributed by atoms with Gasteiger partial charge in [0.1, 0.15) is 0 Å². The largest absolute Gasteiger partial charge is 0.312 e. The maximum Gasteiger partial charge on any atom is 0.0864 e. The van der Waals surface area contributed by atoms with Crippen LogP contribution in [-0.2, 0) is 0 Å². The zero-order valence-electron chi connectivity index (χ0n) is 10.4.